The van der Waals surface area contributed by atoms with Gasteiger partial charge in [-0.05, 0) is 24.8 Å². The van der Waals surface area contributed by atoms with Gasteiger partial charge in [0.15, 0.2) is 0 Å². The summed E-state index contributed by atoms with van der Waals surface area (Å²) in [6, 6.07) is 0. The average molecular weight is 278 g/mol. The Morgan fingerprint density at radius 1 is 1.30 bits per heavy atom. The number of rotatable bonds is 6. The van der Waals surface area contributed by atoms with Crippen LogP contribution < -0.4 is 10.2 Å². The van der Waals surface area contributed by atoms with Crippen molar-refractivity contribution in [3.63, 3.8) is 0 Å². The minimum atomic E-state index is 0.917. The van der Waals surface area contributed by atoms with Gasteiger partial charge in [-0.2, -0.15) is 0 Å². The first-order chi connectivity index (χ1) is 9.58. The highest BCUT2D eigenvalue weighted by Gasteiger charge is 2.17. The van der Waals surface area contributed by atoms with Crippen LogP contribution in [-0.4, -0.2) is 30.2 Å². The first-order valence-corrected chi connectivity index (χ1v) is 7.96. The Morgan fingerprint density at radius 2 is 2.00 bits per heavy atom. The highest BCUT2D eigenvalue weighted by molar-refractivity contribution is 5.30. The molecule has 1 aromatic heterocycles. The van der Waals surface area contributed by atoms with Crippen LogP contribution in [0.4, 0.5) is 5.95 Å². The Kier molecular flexibility index (Phi) is 5.46. The second kappa shape index (κ2) is 7.11. The first kappa shape index (κ1) is 15.4. The van der Waals surface area contributed by atoms with E-state index < -0.39 is 0 Å². The highest BCUT2D eigenvalue weighted by atomic mass is 15.3. The van der Waals surface area contributed by atoms with Gasteiger partial charge in [-0.3, -0.25) is 0 Å². The Balaban J connectivity index is 1.68. The molecule has 20 heavy (non-hydrogen) atoms. The minimum absolute atomic E-state index is 0.917. The van der Waals surface area contributed by atoms with E-state index in [1.165, 1.54) is 37.8 Å². The summed E-state index contributed by atoms with van der Waals surface area (Å²) < 4.78 is 2.16. The monoisotopic (exact) mass is 278 g/mol. The van der Waals surface area contributed by atoms with Crippen LogP contribution in [-0.2, 0) is 13.6 Å². The maximum Gasteiger partial charge on any atom is 0.204 e. The van der Waals surface area contributed by atoms with Crippen molar-refractivity contribution in [1.82, 2.24) is 14.9 Å². The molecule has 1 aromatic rings. The number of anilines is 1. The number of nitrogens with zero attached hydrogens (tertiary/aromatic N) is 3. The fourth-order valence-corrected chi connectivity index (χ4v) is 3.15. The molecular formula is C16H30N4. The standard InChI is InChI=1S/C16H30N4/c1-13-5-7-14(8-6-13)9-10-17-11-15-12-18-16(19(2)3)20(15)4/h12-14,17H,5-11H2,1-4H3. The SMILES string of the molecule is CC1CCC(CCNCc2cnc(N(C)C)n2C)CC1. The molecule has 1 aliphatic rings. The summed E-state index contributed by atoms with van der Waals surface area (Å²) in [5.41, 5.74) is 1.26. The summed E-state index contributed by atoms with van der Waals surface area (Å²) in [6.45, 7) is 4.43. The van der Waals surface area contributed by atoms with Crippen molar-refractivity contribution in [3.8, 4) is 0 Å². The van der Waals surface area contributed by atoms with Crippen LogP contribution in [0.3, 0.4) is 0 Å². The van der Waals surface area contributed by atoms with E-state index in [1.807, 2.05) is 25.2 Å². The molecule has 0 atom stereocenters. The van der Waals surface area contributed by atoms with Crippen molar-refractivity contribution in [2.24, 2.45) is 18.9 Å². The van der Waals surface area contributed by atoms with Crippen LogP contribution >= 0.6 is 0 Å². The van der Waals surface area contributed by atoms with Gasteiger partial charge in [-0.1, -0.05) is 32.6 Å². The molecule has 1 fully saturated rings. The van der Waals surface area contributed by atoms with E-state index in [2.05, 4.69) is 28.8 Å². The van der Waals surface area contributed by atoms with Crippen LogP contribution in [0.1, 0.15) is 44.7 Å². The van der Waals surface area contributed by atoms with E-state index in [0.717, 1.165) is 30.9 Å². The third-order valence-corrected chi connectivity index (χ3v) is 4.63. The number of nitrogens with one attached hydrogen (secondary N) is 1. The van der Waals surface area contributed by atoms with E-state index in [-0.39, 0.29) is 0 Å². The second-order valence-corrected chi connectivity index (χ2v) is 6.59. The Labute approximate surface area is 123 Å². The third kappa shape index (κ3) is 3.98. The lowest BCUT2D eigenvalue weighted by Crippen LogP contribution is -2.22. The fourth-order valence-electron chi connectivity index (χ4n) is 3.15. The number of imidazole rings is 1. The molecule has 4 heteroatoms. The van der Waals surface area contributed by atoms with Crippen molar-refractivity contribution in [1.29, 1.82) is 0 Å². The molecule has 1 N–H and O–H groups in total. The third-order valence-electron chi connectivity index (χ3n) is 4.63. The van der Waals surface area contributed by atoms with E-state index in [4.69, 9.17) is 0 Å². The number of hydrogen-bond donors (Lipinski definition) is 1. The van der Waals surface area contributed by atoms with Gasteiger partial charge < -0.3 is 14.8 Å². The van der Waals surface area contributed by atoms with Gasteiger partial charge >= 0.3 is 0 Å². The molecule has 0 radical (unpaired) electrons. The van der Waals surface area contributed by atoms with Crippen molar-refractivity contribution in [3.05, 3.63) is 11.9 Å². The molecule has 4 nitrogen and oxygen atoms in total. The van der Waals surface area contributed by atoms with Crippen LogP contribution in [0.25, 0.3) is 0 Å². The molecule has 0 amide bonds. The van der Waals surface area contributed by atoms with Crippen molar-refractivity contribution in [2.75, 3.05) is 25.5 Å². The van der Waals surface area contributed by atoms with Gasteiger partial charge in [-0.25, -0.2) is 4.98 Å². The molecule has 1 heterocycles. The zero-order valence-corrected chi connectivity index (χ0v) is 13.5. The van der Waals surface area contributed by atoms with E-state index >= 15 is 0 Å². The summed E-state index contributed by atoms with van der Waals surface area (Å²) in [5, 5.41) is 3.57. The molecular weight excluding hydrogens is 248 g/mol. The lowest BCUT2D eigenvalue weighted by molar-refractivity contribution is 0.275. The molecule has 114 valence electrons. The van der Waals surface area contributed by atoms with Gasteiger partial charge in [-0.15, -0.1) is 0 Å². The fraction of sp³-hybridized carbons (Fsp3) is 0.812. The summed E-state index contributed by atoms with van der Waals surface area (Å²) >= 11 is 0. The molecule has 1 saturated carbocycles. The van der Waals surface area contributed by atoms with Gasteiger partial charge in [0.25, 0.3) is 0 Å². The van der Waals surface area contributed by atoms with Crippen LogP contribution in [0, 0.1) is 11.8 Å². The van der Waals surface area contributed by atoms with Crippen LogP contribution in [0.5, 0.6) is 0 Å². The predicted octanol–water partition coefficient (Wildman–Crippen LogP) is 2.79. The Bertz CT molecular complexity index is 403. The lowest BCUT2D eigenvalue weighted by atomic mass is 9.81. The van der Waals surface area contributed by atoms with Crippen LogP contribution in [0.2, 0.25) is 0 Å². The number of hydrogen-bond acceptors (Lipinski definition) is 3. The zero-order chi connectivity index (χ0) is 14.5. The van der Waals surface area contributed by atoms with Gasteiger partial charge in [0.1, 0.15) is 0 Å². The van der Waals surface area contributed by atoms with Crippen molar-refractivity contribution < 1.29 is 0 Å². The molecule has 0 unspecified atom stereocenters. The first-order valence-electron chi connectivity index (χ1n) is 7.96. The zero-order valence-electron chi connectivity index (χ0n) is 13.5. The second-order valence-electron chi connectivity index (χ2n) is 6.59. The van der Waals surface area contributed by atoms with Gasteiger partial charge in [0.05, 0.1) is 11.9 Å². The predicted molar refractivity (Wildman–Crippen MR) is 85.0 cm³/mol. The quantitative estimate of drug-likeness (QED) is 0.812. The summed E-state index contributed by atoms with van der Waals surface area (Å²) in [5.74, 6) is 2.92. The molecule has 0 saturated heterocycles. The normalized spacial score (nSPS) is 23.0. The Morgan fingerprint density at radius 3 is 2.60 bits per heavy atom. The summed E-state index contributed by atoms with van der Waals surface area (Å²) in [4.78, 5) is 6.49. The molecule has 2 rings (SSSR count). The maximum absolute atomic E-state index is 4.44. The lowest BCUT2D eigenvalue weighted by Gasteiger charge is -2.26. The summed E-state index contributed by atoms with van der Waals surface area (Å²) in [6.07, 6.45) is 9.02. The van der Waals surface area contributed by atoms with E-state index in [1.54, 1.807) is 0 Å². The van der Waals surface area contributed by atoms with Gasteiger partial charge in [0, 0.05) is 27.7 Å². The molecule has 0 aromatic carbocycles. The largest absolute Gasteiger partial charge is 0.348 e. The Hall–Kier alpha value is -1.03. The summed E-state index contributed by atoms with van der Waals surface area (Å²) in [7, 11) is 6.15. The molecule has 1 aliphatic carbocycles. The highest BCUT2D eigenvalue weighted by Crippen LogP contribution is 2.29. The van der Waals surface area contributed by atoms with E-state index in [0.29, 0.717) is 0 Å². The van der Waals surface area contributed by atoms with Crippen molar-refractivity contribution >= 4 is 5.95 Å². The minimum Gasteiger partial charge on any atom is -0.348 e. The van der Waals surface area contributed by atoms with E-state index in [9.17, 15) is 0 Å². The molecule has 0 aliphatic heterocycles. The molecule has 0 bridgehead atoms. The topological polar surface area (TPSA) is 33.1 Å². The van der Waals surface area contributed by atoms with Crippen LogP contribution in [0.15, 0.2) is 6.20 Å². The average Bonchev–Trinajstić information content (AvgIpc) is 2.78. The van der Waals surface area contributed by atoms with Gasteiger partial charge in [0.2, 0.25) is 5.95 Å². The maximum atomic E-state index is 4.44. The molecule has 0 spiro atoms. The number of aromatic nitrogens is 2. The van der Waals surface area contributed by atoms with Crippen molar-refractivity contribution in [2.45, 2.75) is 45.6 Å². The smallest absolute Gasteiger partial charge is 0.204 e.